The van der Waals surface area contributed by atoms with Crippen LogP contribution in [0.1, 0.15) is 31.5 Å². The Bertz CT molecular complexity index is 414. The van der Waals surface area contributed by atoms with E-state index >= 15 is 0 Å². The molecule has 17 heavy (non-hydrogen) atoms. The summed E-state index contributed by atoms with van der Waals surface area (Å²) in [6, 6.07) is 1.76. The molecule has 2 N–H and O–H groups in total. The molecule has 1 fully saturated rings. The van der Waals surface area contributed by atoms with Crippen molar-refractivity contribution in [2.24, 2.45) is 5.41 Å². The number of aromatic nitrogens is 2. The Hall–Kier alpha value is -1.65. The van der Waals surface area contributed by atoms with Crippen molar-refractivity contribution in [1.82, 2.24) is 9.97 Å². The van der Waals surface area contributed by atoms with E-state index in [9.17, 15) is 9.90 Å². The van der Waals surface area contributed by atoms with Gasteiger partial charge in [0.1, 0.15) is 11.6 Å². The van der Waals surface area contributed by atoms with Crippen molar-refractivity contribution in [1.29, 1.82) is 0 Å². The smallest absolute Gasteiger partial charge is 0.311 e. The van der Waals surface area contributed by atoms with Gasteiger partial charge in [0.2, 0.25) is 0 Å². The Morgan fingerprint density at radius 2 is 2.24 bits per heavy atom. The third kappa shape index (κ3) is 2.54. The first-order valence-corrected chi connectivity index (χ1v) is 5.89. The van der Waals surface area contributed by atoms with Crippen LogP contribution in [0.4, 0.5) is 5.82 Å². The molecule has 0 saturated heterocycles. The summed E-state index contributed by atoms with van der Waals surface area (Å²) in [7, 11) is 0. The van der Waals surface area contributed by atoms with E-state index < -0.39 is 11.4 Å². The first-order valence-electron chi connectivity index (χ1n) is 5.89. The zero-order chi connectivity index (χ0) is 12.3. The number of hydrogen-bond donors (Lipinski definition) is 2. The van der Waals surface area contributed by atoms with Crippen LogP contribution < -0.4 is 5.32 Å². The van der Waals surface area contributed by atoms with Crippen molar-refractivity contribution in [2.75, 3.05) is 11.9 Å². The molecule has 1 aliphatic rings. The minimum absolute atomic E-state index is 0.443. The maximum Gasteiger partial charge on any atom is 0.311 e. The van der Waals surface area contributed by atoms with Crippen molar-refractivity contribution in [3.05, 3.63) is 18.1 Å². The predicted octanol–water partition coefficient (Wildman–Crippen LogP) is 1.84. The summed E-state index contributed by atoms with van der Waals surface area (Å²) >= 11 is 0. The van der Waals surface area contributed by atoms with E-state index in [0.717, 1.165) is 25.7 Å². The highest BCUT2D eigenvalue weighted by Gasteiger charge is 2.41. The van der Waals surface area contributed by atoms with Gasteiger partial charge in [-0.15, -0.1) is 0 Å². The molecule has 0 unspecified atom stereocenters. The lowest BCUT2D eigenvalue weighted by atomic mass is 9.86. The largest absolute Gasteiger partial charge is 0.481 e. The Labute approximate surface area is 100 Å². The van der Waals surface area contributed by atoms with Gasteiger partial charge in [-0.1, -0.05) is 12.8 Å². The van der Waals surface area contributed by atoms with Gasteiger partial charge in [-0.2, -0.15) is 0 Å². The lowest BCUT2D eigenvalue weighted by Gasteiger charge is -2.24. The van der Waals surface area contributed by atoms with E-state index in [-0.39, 0.29) is 0 Å². The summed E-state index contributed by atoms with van der Waals surface area (Å²) in [6.07, 6.45) is 5.17. The number of hydrogen-bond acceptors (Lipinski definition) is 4. The summed E-state index contributed by atoms with van der Waals surface area (Å²) in [5.74, 6) is 0.684. The van der Waals surface area contributed by atoms with E-state index in [1.54, 1.807) is 12.3 Å². The van der Waals surface area contributed by atoms with E-state index in [1.165, 1.54) is 0 Å². The monoisotopic (exact) mass is 235 g/mol. The minimum atomic E-state index is -0.701. The van der Waals surface area contributed by atoms with Crippen LogP contribution in [0.5, 0.6) is 0 Å². The number of carboxylic acid groups (broad SMARTS) is 1. The number of aliphatic carboxylic acids is 1. The van der Waals surface area contributed by atoms with E-state index in [4.69, 9.17) is 0 Å². The van der Waals surface area contributed by atoms with E-state index in [1.807, 2.05) is 6.92 Å². The van der Waals surface area contributed by atoms with Crippen molar-refractivity contribution in [3.8, 4) is 0 Å². The molecular formula is C12H17N3O2. The molecule has 0 radical (unpaired) electrons. The fourth-order valence-electron chi connectivity index (χ4n) is 2.33. The van der Waals surface area contributed by atoms with Gasteiger partial charge in [0, 0.05) is 12.7 Å². The Morgan fingerprint density at radius 3 is 2.82 bits per heavy atom. The molecule has 0 amide bonds. The number of carboxylic acids is 1. The highest BCUT2D eigenvalue weighted by atomic mass is 16.4. The van der Waals surface area contributed by atoms with Crippen molar-refractivity contribution in [2.45, 2.75) is 32.6 Å². The van der Waals surface area contributed by atoms with Gasteiger partial charge in [0.05, 0.1) is 5.41 Å². The SMILES string of the molecule is Cc1nccc(NCC2(C(=O)O)CCCC2)n1. The molecule has 0 aromatic carbocycles. The Kier molecular flexibility index (Phi) is 3.26. The second kappa shape index (κ2) is 4.69. The molecule has 1 saturated carbocycles. The molecule has 0 bridgehead atoms. The molecule has 0 atom stereocenters. The van der Waals surface area contributed by atoms with E-state index in [0.29, 0.717) is 18.2 Å². The lowest BCUT2D eigenvalue weighted by molar-refractivity contribution is -0.147. The van der Waals surface area contributed by atoms with Crippen LogP contribution in [-0.2, 0) is 4.79 Å². The Balaban J connectivity index is 2.03. The van der Waals surface area contributed by atoms with Crippen LogP contribution >= 0.6 is 0 Å². The second-order valence-corrected chi connectivity index (χ2v) is 4.64. The number of nitrogens with one attached hydrogen (secondary N) is 1. The fourth-order valence-corrected chi connectivity index (χ4v) is 2.33. The predicted molar refractivity (Wildman–Crippen MR) is 63.8 cm³/mol. The molecule has 92 valence electrons. The third-order valence-corrected chi connectivity index (χ3v) is 3.40. The maximum absolute atomic E-state index is 11.3. The number of carbonyl (C=O) groups is 1. The van der Waals surface area contributed by atoms with Crippen molar-refractivity contribution < 1.29 is 9.90 Å². The minimum Gasteiger partial charge on any atom is -0.481 e. The summed E-state index contributed by atoms with van der Waals surface area (Å²) in [6.45, 7) is 2.26. The first kappa shape index (κ1) is 11.8. The van der Waals surface area contributed by atoms with Gasteiger partial charge in [-0.05, 0) is 25.8 Å². The molecule has 5 heteroatoms. The van der Waals surface area contributed by atoms with Crippen molar-refractivity contribution in [3.63, 3.8) is 0 Å². The molecular weight excluding hydrogens is 218 g/mol. The van der Waals surface area contributed by atoms with Gasteiger partial charge in [0.25, 0.3) is 0 Å². The average molecular weight is 235 g/mol. The normalized spacial score (nSPS) is 17.9. The number of rotatable bonds is 4. The maximum atomic E-state index is 11.3. The van der Waals surface area contributed by atoms with Crippen molar-refractivity contribution >= 4 is 11.8 Å². The molecule has 2 rings (SSSR count). The number of nitrogens with zero attached hydrogens (tertiary/aromatic N) is 2. The summed E-state index contributed by atoms with van der Waals surface area (Å²) in [5, 5.41) is 12.4. The average Bonchev–Trinajstić information content (AvgIpc) is 2.76. The summed E-state index contributed by atoms with van der Waals surface area (Å²) in [4.78, 5) is 19.6. The molecule has 5 nitrogen and oxygen atoms in total. The van der Waals surface area contributed by atoms with Crippen LogP contribution in [0, 0.1) is 12.3 Å². The standard InChI is InChI=1S/C12H17N3O2/c1-9-13-7-4-10(15-9)14-8-12(11(16)17)5-2-3-6-12/h4,7H,2-3,5-6,8H2,1H3,(H,16,17)(H,13,14,15). The molecule has 1 aromatic rings. The van der Waals surface area contributed by atoms with Crippen LogP contribution in [-0.4, -0.2) is 27.6 Å². The summed E-state index contributed by atoms with van der Waals surface area (Å²) < 4.78 is 0. The lowest BCUT2D eigenvalue weighted by Crippen LogP contribution is -2.35. The topological polar surface area (TPSA) is 75.1 Å². The van der Waals surface area contributed by atoms with Gasteiger partial charge >= 0.3 is 5.97 Å². The molecule has 0 spiro atoms. The van der Waals surface area contributed by atoms with E-state index in [2.05, 4.69) is 15.3 Å². The highest BCUT2D eigenvalue weighted by Crippen LogP contribution is 2.38. The van der Waals surface area contributed by atoms with Crippen LogP contribution in [0.15, 0.2) is 12.3 Å². The van der Waals surface area contributed by atoms with Crippen LogP contribution in [0.3, 0.4) is 0 Å². The molecule has 0 aliphatic heterocycles. The third-order valence-electron chi connectivity index (χ3n) is 3.40. The number of aryl methyl sites for hydroxylation is 1. The van der Waals surface area contributed by atoms with Gasteiger partial charge in [-0.3, -0.25) is 4.79 Å². The van der Waals surface area contributed by atoms with Crippen LogP contribution in [0.25, 0.3) is 0 Å². The quantitative estimate of drug-likeness (QED) is 0.832. The molecule has 1 aliphatic carbocycles. The molecule has 1 aromatic heterocycles. The zero-order valence-corrected chi connectivity index (χ0v) is 9.94. The van der Waals surface area contributed by atoms with Gasteiger partial charge in [0.15, 0.2) is 0 Å². The Morgan fingerprint density at radius 1 is 1.53 bits per heavy atom. The van der Waals surface area contributed by atoms with Gasteiger partial charge < -0.3 is 10.4 Å². The first-order chi connectivity index (χ1) is 8.12. The second-order valence-electron chi connectivity index (χ2n) is 4.64. The highest BCUT2D eigenvalue weighted by molar-refractivity contribution is 5.75. The molecule has 1 heterocycles. The number of anilines is 1. The van der Waals surface area contributed by atoms with Gasteiger partial charge in [-0.25, -0.2) is 9.97 Å². The summed E-state index contributed by atoms with van der Waals surface area (Å²) in [5.41, 5.74) is -0.612. The fraction of sp³-hybridized carbons (Fsp3) is 0.583. The zero-order valence-electron chi connectivity index (χ0n) is 9.94. The van der Waals surface area contributed by atoms with Crippen LogP contribution in [0.2, 0.25) is 0 Å².